The summed E-state index contributed by atoms with van der Waals surface area (Å²) in [4.78, 5) is 7.81. The molecule has 0 radical (unpaired) electrons. The van der Waals surface area contributed by atoms with E-state index in [-0.39, 0.29) is 11.6 Å². The first-order valence-corrected chi connectivity index (χ1v) is 8.22. The molecule has 0 aliphatic heterocycles. The van der Waals surface area contributed by atoms with Gasteiger partial charge < -0.3 is 0 Å². The van der Waals surface area contributed by atoms with Gasteiger partial charge in [0, 0.05) is 11.6 Å². The predicted octanol–water partition coefficient (Wildman–Crippen LogP) is 5.31. The van der Waals surface area contributed by atoms with E-state index in [0.717, 1.165) is 17.2 Å². The number of alkyl halides is 3. The minimum Gasteiger partial charge on any atom is -0.261 e. The van der Waals surface area contributed by atoms with Gasteiger partial charge in [-0.1, -0.05) is 60.2 Å². The molecule has 0 bridgehead atoms. The van der Waals surface area contributed by atoms with Crippen molar-refractivity contribution in [3.63, 3.8) is 0 Å². The Morgan fingerprint density at radius 1 is 0.963 bits per heavy atom. The lowest BCUT2D eigenvalue weighted by Crippen LogP contribution is -2.11. The molecule has 0 fully saturated rings. The topological polar surface area (TPSA) is 50.2 Å². The van der Waals surface area contributed by atoms with Gasteiger partial charge in [0.1, 0.15) is 0 Å². The molecule has 0 spiro atoms. The van der Waals surface area contributed by atoms with Crippen LogP contribution in [0.15, 0.2) is 65.8 Å². The maximum Gasteiger partial charge on any atom is 0.433 e. The fraction of sp³-hybridized carbons (Fsp3) is 0.150. The van der Waals surface area contributed by atoms with E-state index in [1.165, 1.54) is 0 Å². The number of aromatic nitrogens is 2. The van der Waals surface area contributed by atoms with E-state index in [1.807, 2.05) is 31.2 Å². The van der Waals surface area contributed by atoms with E-state index >= 15 is 0 Å². The van der Waals surface area contributed by atoms with Crippen LogP contribution in [0.4, 0.5) is 19.0 Å². The Hall–Kier alpha value is -3.22. The first-order chi connectivity index (χ1) is 12.8. The molecule has 1 heterocycles. The number of nitrogens with zero attached hydrogens (tertiary/aromatic N) is 3. The van der Waals surface area contributed by atoms with Crippen LogP contribution in [-0.2, 0) is 6.18 Å². The highest BCUT2D eigenvalue weighted by Gasteiger charge is 2.33. The first-order valence-electron chi connectivity index (χ1n) is 8.22. The van der Waals surface area contributed by atoms with Crippen LogP contribution in [0.2, 0.25) is 0 Å². The van der Waals surface area contributed by atoms with Crippen LogP contribution >= 0.6 is 0 Å². The number of hydrazone groups is 1. The summed E-state index contributed by atoms with van der Waals surface area (Å²) < 4.78 is 39.6. The fourth-order valence-electron chi connectivity index (χ4n) is 2.37. The first kappa shape index (κ1) is 18.6. The molecule has 2 aromatic carbocycles. The largest absolute Gasteiger partial charge is 0.433 e. The minimum atomic E-state index is -4.58. The van der Waals surface area contributed by atoms with Gasteiger partial charge >= 0.3 is 6.18 Å². The van der Waals surface area contributed by atoms with Crippen molar-refractivity contribution in [2.24, 2.45) is 5.10 Å². The van der Waals surface area contributed by atoms with Crippen molar-refractivity contribution in [3.8, 4) is 11.4 Å². The second-order valence-corrected chi connectivity index (χ2v) is 6.00. The van der Waals surface area contributed by atoms with E-state index in [0.29, 0.717) is 11.3 Å². The Labute approximate surface area is 154 Å². The molecule has 0 saturated heterocycles. The zero-order valence-corrected chi connectivity index (χ0v) is 14.7. The normalized spacial score (nSPS) is 12.1. The second kappa shape index (κ2) is 7.57. The SMILES string of the molecule is CC(=NNc1cc(C(F)(F)F)nc(-c2ccccc2)n1)c1ccc(C)cc1. The number of hydrogen-bond donors (Lipinski definition) is 1. The van der Waals surface area contributed by atoms with Crippen LogP contribution in [0.1, 0.15) is 23.7 Å². The van der Waals surface area contributed by atoms with Crippen molar-refractivity contribution in [3.05, 3.63) is 77.5 Å². The van der Waals surface area contributed by atoms with E-state index in [1.54, 1.807) is 37.3 Å². The van der Waals surface area contributed by atoms with Crippen molar-refractivity contribution in [1.29, 1.82) is 0 Å². The van der Waals surface area contributed by atoms with Gasteiger partial charge in [0.25, 0.3) is 0 Å². The monoisotopic (exact) mass is 370 g/mol. The molecule has 0 amide bonds. The van der Waals surface area contributed by atoms with Gasteiger partial charge in [0.15, 0.2) is 17.3 Å². The average Bonchev–Trinajstić information content (AvgIpc) is 2.66. The van der Waals surface area contributed by atoms with Crippen molar-refractivity contribution in [2.75, 3.05) is 5.43 Å². The summed E-state index contributed by atoms with van der Waals surface area (Å²) in [5.74, 6) is -0.0428. The number of halogens is 3. The Bertz CT molecular complexity index is 949. The zero-order valence-electron chi connectivity index (χ0n) is 14.7. The highest BCUT2D eigenvalue weighted by atomic mass is 19.4. The van der Waals surface area contributed by atoms with Crippen LogP contribution in [0.25, 0.3) is 11.4 Å². The molecule has 4 nitrogen and oxygen atoms in total. The van der Waals surface area contributed by atoms with Gasteiger partial charge in [-0.3, -0.25) is 5.43 Å². The smallest absolute Gasteiger partial charge is 0.261 e. The number of anilines is 1. The fourth-order valence-corrected chi connectivity index (χ4v) is 2.37. The molecule has 0 saturated carbocycles. The van der Waals surface area contributed by atoms with Gasteiger partial charge in [-0.15, -0.1) is 0 Å². The molecule has 138 valence electrons. The average molecular weight is 370 g/mol. The van der Waals surface area contributed by atoms with E-state index < -0.39 is 11.9 Å². The molecular formula is C20H17F3N4. The molecule has 0 aliphatic carbocycles. The third-order valence-electron chi connectivity index (χ3n) is 3.86. The molecular weight excluding hydrogens is 353 g/mol. The lowest BCUT2D eigenvalue weighted by Gasteiger charge is -2.11. The number of aryl methyl sites for hydroxylation is 1. The Balaban J connectivity index is 1.94. The summed E-state index contributed by atoms with van der Waals surface area (Å²) in [6.07, 6.45) is -4.58. The maximum atomic E-state index is 13.2. The van der Waals surface area contributed by atoms with Gasteiger partial charge in [0.05, 0.1) is 5.71 Å². The molecule has 0 aliphatic rings. The zero-order chi connectivity index (χ0) is 19.4. The lowest BCUT2D eigenvalue weighted by atomic mass is 10.1. The Morgan fingerprint density at radius 2 is 1.63 bits per heavy atom. The third kappa shape index (κ3) is 4.69. The van der Waals surface area contributed by atoms with E-state index in [2.05, 4.69) is 20.5 Å². The molecule has 3 rings (SSSR count). The minimum absolute atomic E-state index is 0.0175. The van der Waals surface area contributed by atoms with Crippen molar-refractivity contribution in [1.82, 2.24) is 9.97 Å². The lowest BCUT2D eigenvalue weighted by molar-refractivity contribution is -0.141. The number of benzene rings is 2. The highest BCUT2D eigenvalue weighted by molar-refractivity contribution is 5.99. The predicted molar refractivity (Wildman–Crippen MR) is 99.5 cm³/mol. The van der Waals surface area contributed by atoms with Gasteiger partial charge in [0.2, 0.25) is 0 Å². The van der Waals surface area contributed by atoms with Gasteiger partial charge in [-0.05, 0) is 19.4 Å². The quantitative estimate of drug-likeness (QED) is 0.500. The summed E-state index contributed by atoms with van der Waals surface area (Å²) in [7, 11) is 0. The Morgan fingerprint density at radius 3 is 2.26 bits per heavy atom. The van der Waals surface area contributed by atoms with Gasteiger partial charge in [-0.25, -0.2) is 9.97 Å². The number of nitrogens with one attached hydrogen (secondary N) is 1. The molecule has 7 heteroatoms. The Kier molecular flexibility index (Phi) is 5.21. The van der Waals surface area contributed by atoms with Crippen LogP contribution in [0.3, 0.4) is 0 Å². The third-order valence-corrected chi connectivity index (χ3v) is 3.86. The molecule has 1 N–H and O–H groups in total. The van der Waals surface area contributed by atoms with E-state index in [4.69, 9.17) is 0 Å². The number of rotatable bonds is 4. The standard InChI is InChI=1S/C20H17F3N4/c1-13-8-10-15(11-9-13)14(2)26-27-18-12-17(20(21,22)23)24-19(25-18)16-6-4-3-5-7-16/h3-12H,1-2H3,(H,24,25,27). The molecule has 27 heavy (non-hydrogen) atoms. The highest BCUT2D eigenvalue weighted by Crippen LogP contribution is 2.30. The molecule has 3 aromatic rings. The number of hydrogen-bond acceptors (Lipinski definition) is 4. The second-order valence-electron chi connectivity index (χ2n) is 6.00. The summed E-state index contributed by atoms with van der Waals surface area (Å²) in [5, 5.41) is 4.16. The van der Waals surface area contributed by atoms with Gasteiger partial charge in [-0.2, -0.15) is 18.3 Å². The molecule has 0 atom stereocenters. The van der Waals surface area contributed by atoms with Crippen LogP contribution in [0.5, 0.6) is 0 Å². The summed E-state index contributed by atoms with van der Waals surface area (Å²) in [6, 6.07) is 17.0. The van der Waals surface area contributed by atoms with Crippen molar-refractivity contribution in [2.45, 2.75) is 20.0 Å². The van der Waals surface area contributed by atoms with Crippen LogP contribution in [-0.4, -0.2) is 15.7 Å². The van der Waals surface area contributed by atoms with Crippen LogP contribution < -0.4 is 5.43 Å². The summed E-state index contributed by atoms with van der Waals surface area (Å²) in [5.41, 5.74) is 4.68. The maximum absolute atomic E-state index is 13.2. The van der Waals surface area contributed by atoms with Crippen LogP contribution in [0, 0.1) is 6.92 Å². The summed E-state index contributed by atoms with van der Waals surface area (Å²) >= 11 is 0. The molecule has 1 aromatic heterocycles. The van der Waals surface area contributed by atoms with Crippen molar-refractivity contribution < 1.29 is 13.2 Å². The van der Waals surface area contributed by atoms with Crippen molar-refractivity contribution >= 4 is 11.5 Å². The van der Waals surface area contributed by atoms with E-state index in [9.17, 15) is 13.2 Å². The summed E-state index contributed by atoms with van der Waals surface area (Å²) in [6.45, 7) is 3.74. The molecule has 0 unspecified atom stereocenters.